The van der Waals surface area contributed by atoms with Crippen molar-refractivity contribution < 1.29 is 0 Å². The fourth-order valence-electron chi connectivity index (χ4n) is 1.53. The molecule has 1 unspecified atom stereocenters. The predicted molar refractivity (Wildman–Crippen MR) is 78.4 cm³/mol. The highest BCUT2D eigenvalue weighted by Crippen LogP contribution is 2.38. The number of thioether (sulfide) groups is 1. The van der Waals surface area contributed by atoms with Gasteiger partial charge in [0.05, 0.1) is 5.25 Å². The Bertz CT molecular complexity index is 516. The Hall–Kier alpha value is -0.620. The minimum Gasteiger partial charge on any atom is -0.329 e. The van der Waals surface area contributed by atoms with E-state index in [1.165, 1.54) is 11.5 Å². The first-order valence-electron chi connectivity index (χ1n) is 5.68. The maximum absolute atomic E-state index is 6.19. The summed E-state index contributed by atoms with van der Waals surface area (Å²) in [7, 11) is 0. The van der Waals surface area contributed by atoms with Gasteiger partial charge in [-0.05, 0) is 23.2 Å². The van der Waals surface area contributed by atoms with Crippen LogP contribution in [0, 0.1) is 0 Å². The summed E-state index contributed by atoms with van der Waals surface area (Å²) in [5.74, 6) is 0.887. The highest BCUT2D eigenvalue weighted by atomic mass is 35.5. The summed E-state index contributed by atoms with van der Waals surface area (Å²) < 4.78 is 5.22. The van der Waals surface area contributed by atoms with Gasteiger partial charge >= 0.3 is 0 Å². The zero-order chi connectivity index (χ0) is 13.0. The van der Waals surface area contributed by atoms with Gasteiger partial charge in [0, 0.05) is 18.0 Å². The van der Waals surface area contributed by atoms with Crippen LogP contribution in [0.25, 0.3) is 0 Å². The van der Waals surface area contributed by atoms with Crippen LogP contribution in [0.3, 0.4) is 0 Å². The van der Waals surface area contributed by atoms with Crippen molar-refractivity contribution in [1.82, 2.24) is 9.36 Å². The molecule has 1 heterocycles. The molecule has 0 amide bonds. The molecule has 0 saturated heterocycles. The molecule has 2 rings (SSSR count). The van der Waals surface area contributed by atoms with E-state index in [0.717, 1.165) is 27.2 Å². The van der Waals surface area contributed by atoms with E-state index in [9.17, 15) is 0 Å². The van der Waals surface area contributed by atoms with Gasteiger partial charge in [-0.15, -0.1) is 0 Å². The summed E-state index contributed by atoms with van der Waals surface area (Å²) in [4.78, 5) is 4.44. The maximum atomic E-state index is 6.19. The Morgan fingerprint density at radius 3 is 2.83 bits per heavy atom. The first kappa shape index (κ1) is 13.8. The third-order valence-electron chi connectivity index (χ3n) is 2.47. The lowest BCUT2D eigenvalue weighted by molar-refractivity contribution is 0.931. The third-order valence-corrected chi connectivity index (χ3v) is 4.90. The fourth-order valence-corrected chi connectivity index (χ4v) is 3.82. The van der Waals surface area contributed by atoms with Crippen molar-refractivity contribution in [3.63, 3.8) is 0 Å². The summed E-state index contributed by atoms with van der Waals surface area (Å²) in [5, 5.41) is 0.872. The second-order valence-electron chi connectivity index (χ2n) is 3.69. The monoisotopic (exact) mass is 299 g/mol. The van der Waals surface area contributed by atoms with E-state index in [1.54, 1.807) is 11.8 Å². The van der Waals surface area contributed by atoms with Crippen LogP contribution in [-0.2, 0) is 6.42 Å². The first-order valence-corrected chi connectivity index (χ1v) is 7.71. The number of hydrogen-bond acceptors (Lipinski definition) is 5. The molecular formula is C12H14ClN3S2. The number of rotatable bonds is 5. The molecular weight excluding hydrogens is 286 g/mol. The quantitative estimate of drug-likeness (QED) is 0.858. The number of halogens is 1. The SMILES string of the molecule is CCc1nsc(SC(CN)c2ccccc2Cl)n1. The highest BCUT2D eigenvalue weighted by Gasteiger charge is 2.16. The Morgan fingerprint density at radius 2 is 2.22 bits per heavy atom. The van der Waals surface area contributed by atoms with Crippen LogP contribution in [0.2, 0.25) is 5.02 Å². The molecule has 0 aliphatic carbocycles. The van der Waals surface area contributed by atoms with Crippen LogP contribution >= 0.6 is 34.9 Å². The molecule has 2 N–H and O–H groups in total. The zero-order valence-electron chi connectivity index (χ0n) is 9.97. The maximum Gasteiger partial charge on any atom is 0.170 e. The molecule has 3 nitrogen and oxygen atoms in total. The van der Waals surface area contributed by atoms with E-state index < -0.39 is 0 Å². The van der Waals surface area contributed by atoms with Crippen molar-refractivity contribution in [2.45, 2.75) is 22.9 Å². The first-order chi connectivity index (χ1) is 8.74. The van der Waals surface area contributed by atoms with Gasteiger partial charge < -0.3 is 5.73 Å². The van der Waals surface area contributed by atoms with Crippen molar-refractivity contribution in [1.29, 1.82) is 0 Å². The van der Waals surface area contributed by atoms with Gasteiger partial charge in [0.1, 0.15) is 5.82 Å². The summed E-state index contributed by atoms with van der Waals surface area (Å²) >= 11 is 9.24. The fraction of sp³-hybridized carbons (Fsp3) is 0.333. The van der Waals surface area contributed by atoms with E-state index in [2.05, 4.69) is 9.36 Å². The number of hydrogen-bond donors (Lipinski definition) is 1. The smallest absolute Gasteiger partial charge is 0.170 e. The molecule has 0 aliphatic heterocycles. The van der Waals surface area contributed by atoms with Crippen molar-refractivity contribution in [2.24, 2.45) is 5.73 Å². The van der Waals surface area contributed by atoms with Gasteiger partial charge in [-0.3, -0.25) is 0 Å². The molecule has 6 heteroatoms. The van der Waals surface area contributed by atoms with Crippen molar-refractivity contribution in [2.75, 3.05) is 6.54 Å². The lowest BCUT2D eigenvalue weighted by Crippen LogP contribution is -2.09. The number of benzene rings is 1. The second-order valence-corrected chi connectivity index (χ2v) is 6.30. The average molecular weight is 300 g/mol. The number of aromatic nitrogens is 2. The van der Waals surface area contributed by atoms with Gasteiger partial charge in [0.25, 0.3) is 0 Å². The molecule has 96 valence electrons. The predicted octanol–water partition coefficient (Wildman–Crippen LogP) is 3.55. The number of nitrogens with two attached hydrogens (primary N) is 1. The van der Waals surface area contributed by atoms with E-state index in [1.807, 2.05) is 31.2 Å². The van der Waals surface area contributed by atoms with E-state index in [0.29, 0.717) is 6.54 Å². The van der Waals surface area contributed by atoms with Gasteiger partial charge in [0.15, 0.2) is 4.34 Å². The molecule has 1 aromatic carbocycles. The molecule has 0 bridgehead atoms. The topological polar surface area (TPSA) is 51.8 Å². The van der Waals surface area contributed by atoms with Crippen molar-refractivity contribution in [3.05, 3.63) is 40.7 Å². The molecule has 0 aliphatic rings. The minimum atomic E-state index is 0.122. The summed E-state index contributed by atoms with van der Waals surface area (Å²) in [6.07, 6.45) is 0.858. The van der Waals surface area contributed by atoms with E-state index in [4.69, 9.17) is 17.3 Å². The average Bonchev–Trinajstić information content (AvgIpc) is 2.85. The number of nitrogens with zero attached hydrogens (tertiary/aromatic N) is 2. The van der Waals surface area contributed by atoms with Crippen molar-refractivity contribution in [3.8, 4) is 0 Å². The lowest BCUT2D eigenvalue weighted by atomic mass is 10.1. The molecule has 0 spiro atoms. The molecule has 18 heavy (non-hydrogen) atoms. The van der Waals surface area contributed by atoms with Crippen LogP contribution in [-0.4, -0.2) is 15.9 Å². The Kier molecular flexibility index (Phi) is 5.00. The number of aryl methyl sites for hydroxylation is 1. The largest absolute Gasteiger partial charge is 0.329 e. The van der Waals surface area contributed by atoms with Crippen LogP contribution in [0.1, 0.15) is 23.6 Å². The Morgan fingerprint density at radius 1 is 1.44 bits per heavy atom. The van der Waals surface area contributed by atoms with E-state index in [-0.39, 0.29) is 5.25 Å². The van der Waals surface area contributed by atoms with Gasteiger partial charge in [-0.2, -0.15) is 4.37 Å². The minimum absolute atomic E-state index is 0.122. The summed E-state index contributed by atoms with van der Waals surface area (Å²) in [6, 6.07) is 7.79. The second kappa shape index (κ2) is 6.52. The molecule has 0 fully saturated rings. The molecule has 2 aromatic rings. The van der Waals surface area contributed by atoms with E-state index >= 15 is 0 Å². The van der Waals surface area contributed by atoms with Gasteiger partial charge in [-0.25, -0.2) is 4.98 Å². The van der Waals surface area contributed by atoms with Crippen LogP contribution in [0.5, 0.6) is 0 Å². The van der Waals surface area contributed by atoms with Gasteiger partial charge in [-0.1, -0.05) is 48.5 Å². The molecule has 0 radical (unpaired) electrons. The van der Waals surface area contributed by atoms with Crippen molar-refractivity contribution >= 4 is 34.9 Å². The molecule has 1 atom stereocenters. The molecule has 1 aromatic heterocycles. The third kappa shape index (κ3) is 3.23. The highest BCUT2D eigenvalue weighted by molar-refractivity contribution is 8.01. The Labute approximate surface area is 120 Å². The normalized spacial score (nSPS) is 12.6. The lowest BCUT2D eigenvalue weighted by Gasteiger charge is -2.14. The summed E-state index contributed by atoms with van der Waals surface area (Å²) in [5.41, 5.74) is 6.89. The van der Waals surface area contributed by atoms with Crippen LogP contribution in [0.4, 0.5) is 0 Å². The zero-order valence-corrected chi connectivity index (χ0v) is 12.4. The van der Waals surface area contributed by atoms with Gasteiger partial charge in [0.2, 0.25) is 0 Å². The molecule has 0 saturated carbocycles. The standard InChI is InChI=1S/C12H14ClN3S2/c1-2-11-15-12(18-16-11)17-10(7-14)8-5-3-4-6-9(8)13/h3-6,10H,2,7,14H2,1H3. The Balaban J connectivity index is 2.17. The summed E-state index contributed by atoms with van der Waals surface area (Å²) in [6.45, 7) is 2.57. The van der Waals surface area contributed by atoms with Crippen LogP contribution < -0.4 is 5.73 Å². The van der Waals surface area contributed by atoms with Crippen LogP contribution in [0.15, 0.2) is 28.6 Å².